The van der Waals surface area contributed by atoms with Crippen molar-refractivity contribution in [2.75, 3.05) is 31.1 Å². The van der Waals surface area contributed by atoms with E-state index in [2.05, 4.69) is 4.90 Å². The van der Waals surface area contributed by atoms with E-state index in [1.807, 2.05) is 47.4 Å². The Hall–Kier alpha value is -4.28. The van der Waals surface area contributed by atoms with Crippen molar-refractivity contribution in [3.05, 3.63) is 128 Å². The van der Waals surface area contributed by atoms with Crippen LogP contribution in [0.1, 0.15) is 28.4 Å². The molecule has 5 rings (SSSR count). The molecule has 1 aromatic heterocycles. The smallest absolute Gasteiger partial charge is 0.331 e. The van der Waals surface area contributed by atoms with Crippen molar-refractivity contribution in [2.24, 2.45) is 5.73 Å². The molecule has 10 heteroatoms. The van der Waals surface area contributed by atoms with Crippen LogP contribution in [0.25, 0.3) is 0 Å². The second-order valence-electron chi connectivity index (χ2n) is 10.4. The van der Waals surface area contributed by atoms with Crippen LogP contribution in [-0.2, 0) is 19.6 Å². The number of piperazine rings is 1. The van der Waals surface area contributed by atoms with Gasteiger partial charge >= 0.3 is 5.69 Å². The average molecular weight is 562 g/mol. The van der Waals surface area contributed by atoms with Crippen LogP contribution in [0.4, 0.5) is 14.5 Å². The van der Waals surface area contributed by atoms with E-state index >= 15 is 0 Å². The lowest BCUT2D eigenvalue weighted by Gasteiger charge is -2.37. The zero-order valence-corrected chi connectivity index (χ0v) is 22.8. The molecule has 3 N–H and O–H groups in total. The zero-order valence-electron chi connectivity index (χ0n) is 22.8. The Morgan fingerprint density at radius 2 is 1.46 bits per heavy atom. The molecule has 4 aromatic rings. The van der Waals surface area contributed by atoms with Crippen LogP contribution in [0.2, 0.25) is 0 Å². The topological polar surface area (TPSA) is 96.7 Å². The van der Waals surface area contributed by atoms with E-state index in [-0.39, 0.29) is 24.4 Å². The normalized spacial score (nSPS) is 14.8. The lowest BCUT2D eigenvalue weighted by atomic mass is 10.1. The fourth-order valence-electron chi connectivity index (χ4n) is 5.33. The van der Waals surface area contributed by atoms with Gasteiger partial charge in [0, 0.05) is 50.0 Å². The number of hydrogen-bond donors (Lipinski definition) is 2. The number of aromatic nitrogens is 2. The Balaban J connectivity index is 1.49. The van der Waals surface area contributed by atoms with E-state index in [1.54, 1.807) is 19.1 Å². The molecule has 0 radical (unpaired) electrons. The van der Waals surface area contributed by atoms with Gasteiger partial charge in [0.05, 0.1) is 13.1 Å². The highest BCUT2D eigenvalue weighted by molar-refractivity contribution is 5.50. The minimum Gasteiger partial charge on any atom is -0.508 e. The summed E-state index contributed by atoms with van der Waals surface area (Å²) < 4.78 is 31.6. The summed E-state index contributed by atoms with van der Waals surface area (Å²) in [4.78, 5) is 31.8. The van der Waals surface area contributed by atoms with E-state index < -0.39 is 28.9 Å². The Labute approximate surface area is 236 Å². The molecule has 41 heavy (non-hydrogen) atoms. The van der Waals surface area contributed by atoms with Crippen molar-refractivity contribution < 1.29 is 13.9 Å². The summed E-state index contributed by atoms with van der Waals surface area (Å²) >= 11 is 0. The summed E-state index contributed by atoms with van der Waals surface area (Å²) in [6.07, 6.45) is 0. The van der Waals surface area contributed by atoms with Gasteiger partial charge < -0.3 is 15.7 Å². The molecule has 1 saturated heterocycles. The predicted octanol–water partition coefficient (Wildman–Crippen LogP) is 3.37. The fourth-order valence-corrected chi connectivity index (χ4v) is 5.33. The first kappa shape index (κ1) is 28.3. The molecule has 0 spiro atoms. The molecule has 1 fully saturated rings. The molecule has 1 aliphatic rings. The van der Waals surface area contributed by atoms with Crippen LogP contribution in [-0.4, -0.2) is 45.3 Å². The van der Waals surface area contributed by atoms with E-state index in [9.17, 15) is 23.5 Å². The minimum atomic E-state index is -0.764. The lowest BCUT2D eigenvalue weighted by molar-refractivity contribution is 0.249. The fraction of sp³-hybridized carbons (Fsp3) is 0.290. The van der Waals surface area contributed by atoms with Crippen LogP contribution < -0.4 is 21.9 Å². The first-order valence-electron chi connectivity index (χ1n) is 13.6. The maximum atomic E-state index is 14.6. The molecule has 1 unspecified atom stereocenters. The average Bonchev–Trinajstić information content (AvgIpc) is 2.97. The second kappa shape index (κ2) is 12.1. The molecule has 0 amide bonds. The molecule has 0 saturated carbocycles. The summed E-state index contributed by atoms with van der Waals surface area (Å²) in [7, 11) is 0. The van der Waals surface area contributed by atoms with Crippen LogP contribution in [0.3, 0.4) is 0 Å². The number of hydrogen-bond acceptors (Lipinski definition) is 6. The molecule has 1 aliphatic heterocycles. The van der Waals surface area contributed by atoms with E-state index in [4.69, 9.17) is 5.73 Å². The quantitative estimate of drug-likeness (QED) is 0.343. The molecule has 3 aromatic carbocycles. The van der Waals surface area contributed by atoms with Gasteiger partial charge in [-0.1, -0.05) is 48.5 Å². The van der Waals surface area contributed by atoms with Crippen LogP contribution in [0.5, 0.6) is 5.75 Å². The van der Waals surface area contributed by atoms with Gasteiger partial charge in [0.1, 0.15) is 23.1 Å². The molecule has 2 heterocycles. The van der Waals surface area contributed by atoms with Gasteiger partial charge in [-0.05, 0) is 42.3 Å². The van der Waals surface area contributed by atoms with Crippen molar-refractivity contribution in [1.82, 2.24) is 14.0 Å². The van der Waals surface area contributed by atoms with Crippen molar-refractivity contribution in [3.8, 4) is 5.75 Å². The molecule has 214 valence electrons. The monoisotopic (exact) mass is 561 g/mol. The maximum Gasteiger partial charge on any atom is 0.331 e. The van der Waals surface area contributed by atoms with Crippen LogP contribution in [0, 0.1) is 18.6 Å². The summed E-state index contributed by atoms with van der Waals surface area (Å²) in [6, 6.07) is 19.1. The third kappa shape index (κ3) is 6.08. The third-order valence-electron chi connectivity index (χ3n) is 7.67. The number of phenolic OH excluding ortho intramolecular Hbond substituents is 1. The van der Waals surface area contributed by atoms with Gasteiger partial charge in [-0.3, -0.25) is 18.8 Å². The third-order valence-corrected chi connectivity index (χ3v) is 7.67. The van der Waals surface area contributed by atoms with Crippen molar-refractivity contribution >= 4 is 5.69 Å². The molecule has 0 bridgehead atoms. The van der Waals surface area contributed by atoms with Crippen LogP contribution >= 0.6 is 0 Å². The minimum absolute atomic E-state index is 0.0878. The van der Waals surface area contributed by atoms with Gasteiger partial charge in [0.2, 0.25) is 0 Å². The van der Waals surface area contributed by atoms with Gasteiger partial charge in [-0.25, -0.2) is 13.6 Å². The molecule has 1 atom stereocenters. The van der Waals surface area contributed by atoms with Gasteiger partial charge in [0.15, 0.2) is 0 Å². The number of rotatable bonds is 8. The summed E-state index contributed by atoms with van der Waals surface area (Å²) in [5.74, 6) is -1.32. The first-order valence-corrected chi connectivity index (χ1v) is 13.6. The Morgan fingerprint density at radius 1 is 0.829 bits per heavy atom. The summed E-state index contributed by atoms with van der Waals surface area (Å²) in [6.45, 7) is 4.23. The molecular formula is C31H33F2N5O3. The predicted molar refractivity (Wildman–Crippen MR) is 154 cm³/mol. The van der Waals surface area contributed by atoms with E-state index in [1.165, 1.54) is 10.6 Å². The van der Waals surface area contributed by atoms with Gasteiger partial charge in [-0.2, -0.15) is 0 Å². The first-order chi connectivity index (χ1) is 19.7. The number of benzene rings is 3. The number of anilines is 1. The number of aromatic hydroxyl groups is 1. The molecule has 8 nitrogen and oxygen atoms in total. The number of nitrogens with two attached hydrogens (primary N) is 1. The SMILES string of the molecule is Cc1c(N2CCN(Cc3ccc(O)cc3)CC2)c(=O)n(CC(N)c2ccccc2)c(=O)n1Cc1c(F)cccc1F. The number of halogens is 2. The maximum absolute atomic E-state index is 14.6. The van der Waals surface area contributed by atoms with Crippen molar-refractivity contribution in [1.29, 1.82) is 0 Å². The highest BCUT2D eigenvalue weighted by Gasteiger charge is 2.26. The van der Waals surface area contributed by atoms with E-state index in [0.717, 1.165) is 27.8 Å². The number of nitrogens with zero attached hydrogens (tertiary/aromatic N) is 4. The van der Waals surface area contributed by atoms with Crippen LogP contribution in [0.15, 0.2) is 82.4 Å². The lowest BCUT2D eigenvalue weighted by Crippen LogP contribution is -2.51. The highest BCUT2D eigenvalue weighted by Crippen LogP contribution is 2.21. The Bertz CT molecular complexity index is 1610. The Kier molecular flexibility index (Phi) is 8.32. The van der Waals surface area contributed by atoms with E-state index in [0.29, 0.717) is 44.1 Å². The largest absolute Gasteiger partial charge is 0.508 e. The van der Waals surface area contributed by atoms with Gasteiger partial charge in [-0.15, -0.1) is 0 Å². The number of phenols is 1. The molecular weight excluding hydrogens is 528 g/mol. The highest BCUT2D eigenvalue weighted by atomic mass is 19.1. The summed E-state index contributed by atoms with van der Waals surface area (Å²) in [5, 5.41) is 9.56. The standard InChI is InChI=1S/C31H33F2N5O3/c1-21-29(36-16-14-35(15-17-36)18-22-10-12-24(39)13-11-22)30(40)38(20-28(34)23-6-3-2-4-7-23)31(41)37(21)19-25-26(32)8-5-9-27(25)33/h2-13,28,39H,14-20,34H2,1H3. The molecule has 0 aliphatic carbocycles. The second-order valence-corrected chi connectivity index (χ2v) is 10.4. The Morgan fingerprint density at radius 3 is 2.10 bits per heavy atom. The van der Waals surface area contributed by atoms with Crippen molar-refractivity contribution in [2.45, 2.75) is 32.6 Å². The zero-order chi connectivity index (χ0) is 29.1. The van der Waals surface area contributed by atoms with Gasteiger partial charge in [0.25, 0.3) is 5.56 Å². The van der Waals surface area contributed by atoms with Crippen molar-refractivity contribution in [3.63, 3.8) is 0 Å². The summed E-state index contributed by atoms with van der Waals surface area (Å²) in [5.41, 5.74) is 7.51.